The highest BCUT2D eigenvalue weighted by Crippen LogP contribution is 2.44. The molecule has 0 aliphatic carbocycles. The SMILES string of the molecule is CCOc1ccc(N2C(=O)C(O)=C(C(=O)c3sc(C)nc3C)C2c2ccccc2)cc1OCC. The summed E-state index contributed by atoms with van der Waals surface area (Å²) in [7, 11) is 0. The first kappa shape index (κ1) is 23.5. The standard InChI is InChI=1S/C26H26N2O5S/c1-5-32-19-13-12-18(14-20(19)33-6-2)28-22(17-10-8-7-9-11-17)21(24(30)26(28)31)23(29)25-15(3)27-16(4)34-25/h7-14,22,30H,5-6H2,1-4H3. The van der Waals surface area contributed by atoms with Crippen molar-refractivity contribution in [1.29, 1.82) is 0 Å². The van der Waals surface area contributed by atoms with Gasteiger partial charge < -0.3 is 14.6 Å². The molecule has 1 N–H and O–H groups in total. The van der Waals surface area contributed by atoms with Crippen LogP contribution in [0.2, 0.25) is 0 Å². The zero-order valence-electron chi connectivity index (χ0n) is 19.5. The molecule has 1 aromatic heterocycles. The number of ketones is 1. The van der Waals surface area contributed by atoms with Gasteiger partial charge in [-0.3, -0.25) is 14.5 Å². The number of thiazole rings is 1. The maximum Gasteiger partial charge on any atom is 0.294 e. The molecule has 1 amide bonds. The number of benzene rings is 2. The third-order valence-corrected chi connectivity index (χ3v) is 6.55. The molecule has 3 aromatic rings. The molecule has 34 heavy (non-hydrogen) atoms. The van der Waals surface area contributed by atoms with Crippen LogP contribution < -0.4 is 14.4 Å². The van der Waals surface area contributed by atoms with Crippen molar-refractivity contribution < 1.29 is 24.2 Å². The minimum atomic E-state index is -0.810. The van der Waals surface area contributed by atoms with Gasteiger partial charge in [0.15, 0.2) is 17.3 Å². The van der Waals surface area contributed by atoms with E-state index in [1.54, 1.807) is 25.1 Å². The first-order valence-electron chi connectivity index (χ1n) is 11.1. The van der Waals surface area contributed by atoms with Gasteiger partial charge in [-0.1, -0.05) is 30.3 Å². The van der Waals surface area contributed by atoms with E-state index < -0.39 is 23.5 Å². The molecular weight excluding hydrogens is 452 g/mol. The Hall–Kier alpha value is -3.65. The van der Waals surface area contributed by atoms with Crippen LogP contribution >= 0.6 is 11.3 Å². The number of amides is 1. The Kier molecular flexibility index (Phi) is 6.70. The van der Waals surface area contributed by atoms with Crippen LogP contribution in [0.15, 0.2) is 59.9 Å². The number of rotatable bonds is 8. The predicted molar refractivity (Wildman–Crippen MR) is 131 cm³/mol. The van der Waals surface area contributed by atoms with E-state index in [1.165, 1.54) is 16.2 Å². The van der Waals surface area contributed by atoms with Gasteiger partial charge in [0.05, 0.1) is 40.4 Å². The zero-order valence-corrected chi connectivity index (χ0v) is 20.3. The Morgan fingerprint density at radius 2 is 1.74 bits per heavy atom. The van der Waals surface area contributed by atoms with E-state index in [1.807, 2.05) is 51.1 Å². The Labute approximate surface area is 202 Å². The number of nitrogens with zero attached hydrogens (tertiary/aromatic N) is 2. The molecule has 1 atom stereocenters. The number of ether oxygens (including phenoxy) is 2. The van der Waals surface area contributed by atoms with Crippen LogP contribution in [-0.4, -0.2) is 35.0 Å². The summed E-state index contributed by atoms with van der Waals surface area (Å²) >= 11 is 1.25. The van der Waals surface area contributed by atoms with Gasteiger partial charge in [-0.15, -0.1) is 11.3 Å². The van der Waals surface area contributed by atoms with Crippen molar-refractivity contribution in [2.24, 2.45) is 0 Å². The lowest BCUT2D eigenvalue weighted by Gasteiger charge is -2.27. The largest absolute Gasteiger partial charge is 0.503 e. The van der Waals surface area contributed by atoms with Crippen LogP contribution in [0.25, 0.3) is 0 Å². The minimum absolute atomic E-state index is 0.0368. The van der Waals surface area contributed by atoms with Gasteiger partial charge in [-0.05, 0) is 45.4 Å². The molecule has 0 bridgehead atoms. The van der Waals surface area contributed by atoms with Crippen molar-refractivity contribution in [2.75, 3.05) is 18.1 Å². The van der Waals surface area contributed by atoms with Crippen LogP contribution in [-0.2, 0) is 4.79 Å². The van der Waals surface area contributed by atoms with Crippen LogP contribution in [0.3, 0.4) is 0 Å². The van der Waals surface area contributed by atoms with Crippen LogP contribution in [0.4, 0.5) is 5.69 Å². The molecule has 0 saturated heterocycles. The van der Waals surface area contributed by atoms with Gasteiger partial charge in [0.1, 0.15) is 0 Å². The maximum absolute atomic E-state index is 13.6. The quantitative estimate of drug-likeness (QED) is 0.440. The molecule has 1 unspecified atom stereocenters. The molecule has 0 saturated carbocycles. The highest BCUT2D eigenvalue weighted by atomic mass is 32.1. The molecule has 0 fully saturated rings. The molecule has 0 spiro atoms. The number of hydrogen-bond acceptors (Lipinski definition) is 7. The Morgan fingerprint density at radius 3 is 2.35 bits per heavy atom. The molecular formula is C26H26N2O5S. The van der Waals surface area contributed by atoms with Crippen molar-refractivity contribution >= 4 is 28.7 Å². The highest BCUT2D eigenvalue weighted by molar-refractivity contribution is 7.14. The Morgan fingerprint density at radius 1 is 1.06 bits per heavy atom. The number of aryl methyl sites for hydroxylation is 2. The summed E-state index contributed by atoms with van der Waals surface area (Å²) in [5.74, 6) is -0.574. The van der Waals surface area contributed by atoms with E-state index in [0.29, 0.717) is 46.5 Å². The molecule has 7 nitrogen and oxygen atoms in total. The summed E-state index contributed by atoms with van der Waals surface area (Å²) in [6, 6.07) is 13.5. The first-order valence-corrected chi connectivity index (χ1v) is 11.9. The molecule has 176 valence electrons. The van der Waals surface area contributed by atoms with E-state index in [0.717, 1.165) is 5.01 Å². The maximum atomic E-state index is 13.6. The smallest absolute Gasteiger partial charge is 0.294 e. The van der Waals surface area contributed by atoms with Gasteiger partial charge in [-0.2, -0.15) is 0 Å². The van der Waals surface area contributed by atoms with E-state index in [2.05, 4.69) is 4.98 Å². The monoisotopic (exact) mass is 478 g/mol. The van der Waals surface area contributed by atoms with Crippen molar-refractivity contribution in [2.45, 2.75) is 33.7 Å². The lowest BCUT2D eigenvalue weighted by atomic mass is 9.95. The second-order valence-corrected chi connectivity index (χ2v) is 8.93. The van der Waals surface area contributed by atoms with Gasteiger partial charge in [-0.25, -0.2) is 4.98 Å². The fourth-order valence-electron chi connectivity index (χ4n) is 4.11. The topological polar surface area (TPSA) is 89.0 Å². The molecule has 8 heteroatoms. The van der Waals surface area contributed by atoms with Crippen molar-refractivity contribution in [3.8, 4) is 11.5 Å². The molecule has 2 aromatic carbocycles. The van der Waals surface area contributed by atoms with Crippen LogP contribution in [0.1, 0.15) is 45.8 Å². The number of anilines is 1. The van der Waals surface area contributed by atoms with Crippen molar-refractivity contribution in [3.63, 3.8) is 0 Å². The van der Waals surface area contributed by atoms with Gasteiger partial charge in [0, 0.05) is 11.8 Å². The average Bonchev–Trinajstić information content (AvgIpc) is 3.30. The van der Waals surface area contributed by atoms with Gasteiger partial charge >= 0.3 is 0 Å². The number of Topliss-reactive ketones (excluding diaryl/α,β-unsaturated/α-hetero) is 1. The summed E-state index contributed by atoms with van der Waals surface area (Å²) < 4.78 is 11.4. The van der Waals surface area contributed by atoms with Crippen molar-refractivity contribution in [1.82, 2.24) is 4.98 Å². The summed E-state index contributed by atoms with van der Waals surface area (Å²) in [6.45, 7) is 8.18. The van der Waals surface area contributed by atoms with E-state index in [-0.39, 0.29) is 5.57 Å². The number of aromatic nitrogens is 1. The molecule has 1 aliphatic heterocycles. The summed E-state index contributed by atoms with van der Waals surface area (Å²) in [6.07, 6.45) is 0. The van der Waals surface area contributed by atoms with Crippen molar-refractivity contribution in [3.05, 3.63) is 81.0 Å². The normalized spacial score (nSPS) is 15.7. The van der Waals surface area contributed by atoms with Crippen LogP contribution in [0, 0.1) is 13.8 Å². The number of aliphatic hydroxyl groups excluding tert-OH is 1. The predicted octanol–water partition coefficient (Wildman–Crippen LogP) is 5.34. The number of aliphatic hydroxyl groups is 1. The van der Waals surface area contributed by atoms with Gasteiger partial charge in [0.25, 0.3) is 5.91 Å². The molecule has 4 rings (SSSR count). The summed E-state index contributed by atoms with van der Waals surface area (Å²) in [5, 5.41) is 11.7. The molecule has 1 aliphatic rings. The summed E-state index contributed by atoms with van der Waals surface area (Å²) in [4.78, 5) is 33.2. The number of hydrogen-bond donors (Lipinski definition) is 1. The molecule has 2 heterocycles. The number of carbonyl (C=O) groups is 2. The van der Waals surface area contributed by atoms with Crippen LogP contribution in [0.5, 0.6) is 11.5 Å². The lowest BCUT2D eigenvalue weighted by Crippen LogP contribution is -2.31. The average molecular weight is 479 g/mol. The Balaban J connectivity index is 1.86. The second-order valence-electron chi connectivity index (χ2n) is 7.72. The minimum Gasteiger partial charge on any atom is -0.503 e. The fraction of sp³-hybridized carbons (Fsp3) is 0.269. The fourth-order valence-corrected chi connectivity index (χ4v) is 4.98. The van der Waals surface area contributed by atoms with Gasteiger partial charge in [0.2, 0.25) is 5.78 Å². The van der Waals surface area contributed by atoms with E-state index >= 15 is 0 Å². The second kappa shape index (κ2) is 9.69. The van der Waals surface area contributed by atoms with E-state index in [4.69, 9.17) is 9.47 Å². The third-order valence-electron chi connectivity index (χ3n) is 5.48. The summed E-state index contributed by atoms with van der Waals surface area (Å²) in [5.41, 5.74) is 1.80. The Bertz CT molecular complexity index is 1270. The van der Waals surface area contributed by atoms with E-state index in [9.17, 15) is 14.7 Å². The highest BCUT2D eigenvalue weighted by Gasteiger charge is 2.45. The lowest BCUT2D eigenvalue weighted by molar-refractivity contribution is -0.117. The molecule has 0 radical (unpaired) electrons. The third kappa shape index (κ3) is 4.17. The zero-order chi connectivity index (χ0) is 24.4. The first-order chi connectivity index (χ1) is 16.4. The number of carbonyl (C=O) groups excluding carboxylic acids is 2.